The number of hydrogen-bond acceptors (Lipinski definition) is 1. The van der Waals surface area contributed by atoms with Crippen LogP contribution in [0.15, 0.2) is 42.5 Å². The summed E-state index contributed by atoms with van der Waals surface area (Å²) in [4.78, 5) is 11.5. The fraction of sp³-hybridized carbons (Fsp3) is 0.235. The van der Waals surface area contributed by atoms with E-state index in [1.807, 2.05) is 49.4 Å². The molecule has 98 valence electrons. The lowest BCUT2D eigenvalue weighted by Gasteiger charge is -2.13. The van der Waals surface area contributed by atoms with Crippen molar-refractivity contribution in [2.75, 3.05) is 0 Å². The zero-order chi connectivity index (χ0) is 13.8. The Kier molecular flexibility index (Phi) is 4.00. The molecule has 0 atom stereocenters. The van der Waals surface area contributed by atoms with E-state index in [1.165, 1.54) is 0 Å². The average Bonchev–Trinajstić information content (AvgIpc) is 2.40. The van der Waals surface area contributed by atoms with Crippen molar-refractivity contribution in [1.82, 2.24) is 0 Å². The summed E-state index contributed by atoms with van der Waals surface area (Å²) < 4.78 is 0. The van der Waals surface area contributed by atoms with Crippen LogP contribution < -0.4 is 0 Å². The molecule has 2 rings (SSSR count). The Morgan fingerprint density at radius 2 is 1.79 bits per heavy atom. The Morgan fingerprint density at radius 3 is 2.37 bits per heavy atom. The summed E-state index contributed by atoms with van der Waals surface area (Å²) in [7, 11) is 0. The van der Waals surface area contributed by atoms with Gasteiger partial charge in [-0.2, -0.15) is 0 Å². The van der Waals surface area contributed by atoms with Gasteiger partial charge in [-0.15, -0.1) is 0 Å². The predicted molar refractivity (Wildman–Crippen MR) is 77.6 cm³/mol. The van der Waals surface area contributed by atoms with E-state index in [0.29, 0.717) is 5.56 Å². The molecule has 0 bridgehead atoms. The van der Waals surface area contributed by atoms with Crippen LogP contribution in [0.1, 0.15) is 34.8 Å². The summed E-state index contributed by atoms with van der Waals surface area (Å²) in [5.41, 5.74) is 4.29. The Balaban J connectivity index is 2.60. The third kappa shape index (κ3) is 2.68. The lowest BCUT2D eigenvalue weighted by Crippen LogP contribution is -2.06. The Labute approximate surface area is 113 Å². The molecule has 0 radical (unpaired) electrons. The molecule has 19 heavy (non-hydrogen) atoms. The summed E-state index contributed by atoms with van der Waals surface area (Å²) in [6.45, 7) is 3.96. The molecule has 0 unspecified atom stereocenters. The molecule has 0 saturated heterocycles. The quantitative estimate of drug-likeness (QED) is 0.882. The molecule has 0 heterocycles. The zero-order valence-corrected chi connectivity index (χ0v) is 11.3. The zero-order valence-electron chi connectivity index (χ0n) is 11.3. The fourth-order valence-corrected chi connectivity index (χ4v) is 2.47. The Morgan fingerprint density at radius 1 is 1.11 bits per heavy atom. The van der Waals surface area contributed by atoms with Crippen LogP contribution in [0, 0.1) is 6.92 Å². The standard InChI is InChI=1S/C17H18O2/c1-3-7-14-10-11-15(12(2)16(14)17(18)19)13-8-5-4-6-9-13/h4-6,8-11H,3,7H2,1-2H3,(H,18,19). The van der Waals surface area contributed by atoms with Crippen molar-refractivity contribution in [2.45, 2.75) is 26.7 Å². The van der Waals surface area contributed by atoms with E-state index in [0.717, 1.165) is 35.1 Å². The molecule has 2 aromatic carbocycles. The molecule has 0 spiro atoms. The second-order valence-corrected chi connectivity index (χ2v) is 4.69. The van der Waals surface area contributed by atoms with Crippen molar-refractivity contribution >= 4 is 5.97 Å². The van der Waals surface area contributed by atoms with Gasteiger partial charge in [0.05, 0.1) is 5.56 Å². The molecule has 0 fully saturated rings. The van der Waals surface area contributed by atoms with Crippen LogP contribution in [0.2, 0.25) is 0 Å². The summed E-state index contributed by atoms with van der Waals surface area (Å²) in [6, 6.07) is 13.9. The van der Waals surface area contributed by atoms with E-state index < -0.39 is 5.97 Å². The van der Waals surface area contributed by atoms with Crippen molar-refractivity contribution in [3.8, 4) is 11.1 Å². The number of carbonyl (C=O) groups is 1. The van der Waals surface area contributed by atoms with Crippen LogP contribution in [0.5, 0.6) is 0 Å². The monoisotopic (exact) mass is 254 g/mol. The van der Waals surface area contributed by atoms with Crippen molar-refractivity contribution in [3.63, 3.8) is 0 Å². The molecule has 0 aliphatic heterocycles. The number of rotatable bonds is 4. The molecule has 1 N–H and O–H groups in total. The Hall–Kier alpha value is -2.09. The highest BCUT2D eigenvalue weighted by atomic mass is 16.4. The second kappa shape index (κ2) is 5.70. The molecular weight excluding hydrogens is 236 g/mol. The van der Waals surface area contributed by atoms with Gasteiger partial charge in [-0.3, -0.25) is 0 Å². The molecule has 2 nitrogen and oxygen atoms in total. The second-order valence-electron chi connectivity index (χ2n) is 4.69. The van der Waals surface area contributed by atoms with E-state index in [-0.39, 0.29) is 0 Å². The largest absolute Gasteiger partial charge is 0.478 e. The van der Waals surface area contributed by atoms with Crippen molar-refractivity contribution < 1.29 is 9.90 Å². The third-order valence-electron chi connectivity index (χ3n) is 3.37. The van der Waals surface area contributed by atoms with E-state index in [4.69, 9.17) is 0 Å². The van der Waals surface area contributed by atoms with E-state index in [9.17, 15) is 9.90 Å². The highest BCUT2D eigenvalue weighted by Gasteiger charge is 2.16. The molecule has 0 amide bonds. The van der Waals surface area contributed by atoms with Gasteiger partial charge in [0.2, 0.25) is 0 Å². The van der Waals surface area contributed by atoms with Gasteiger partial charge in [0, 0.05) is 0 Å². The highest BCUT2D eigenvalue weighted by molar-refractivity contribution is 5.93. The number of benzene rings is 2. The van der Waals surface area contributed by atoms with Gasteiger partial charge in [0.25, 0.3) is 0 Å². The van der Waals surface area contributed by atoms with Crippen LogP contribution in [0.3, 0.4) is 0 Å². The van der Waals surface area contributed by atoms with Crippen LogP contribution in [0.25, 0.3) is 11.1 Å². The molecule has 0 aromatic heterocycles. The minimum absolute atomic E-state index is 0.461. The number of aryl methyl sites for hydroxylation is 1. The maximum absolute atomic E-state index is 11.5. The predicted octanol–water partition coefficient (Wildman–Crippen LogP) is 4.31. The summed E-state index contributed by atoms with van der Waals surface area (Å²) in [5, 5.41) is 9.44. The highest BCUT2D eigenvalue weighted by Crippen LogP contribution is 2.28. The molecular formula is C17H18O2. The molecule has 2 heteroatoms. The lowest BCUT2D eigenvalue weighted by molar-refractivity contribution is 0.0695. The fourth-order valence-electron chi connectivity index (χ4n) is 2.47. The SMILES string of the molecule is CCCc1ccc(-c2ccccc2)c(C)c1C(=O)O. The van der Waals surface area contributed by atoms with Crippen molar-refractivity contribution in [2.24, 2.45) is 0 Å². The van der Waals surface area contributed by atoms with Crippen molar-refractivity contribution in [3.05, 3.63) is 59.2 Å². The minimum Gasteiger partial charge on any atom is -0.478 e. The Bertz CT molecular complexity index is 586. The lowest BCUT2D eigenvalue weighted by atomic mass is 9.91. The first kappa shape index (κ1) is 13.3. The van der Waals surface area contributed by atoms with Gasteiger partial charge in [-0.1, -0.05) is 55.8 Å². The van der Waals surface area contributed by atoms with Crippen LogP contribution in [-0.4, -0.2) is 11.1 Å². The maximum atomic E-state index is 11.5. The van der Waals surface area contributed by atoms with Crippen LogP contribution >= 0.6 is 0 Å². The molecule has 0 aliphatic carbocycles. The average molecular weight is 254 g/mol. The van der Waals surface area contributed by atoms with Gasteiger partial charge in [0.1, 0.15) is 0 Å². The van der Waals surface area contributed by atoms with Gasteiger partial charge >= 0.3 is 5.97 Å². The molecule has 0 aliphatic rings. The van der Waals surface area contributed by atoms with E-state index in [1.54, 1.807) is 0 Å². The summed E-state index contributed by atoms with van der Waals surface area (Å²) in [5.74, 6) is -0.835. The summed E-state index contributed by atoms with van der Waals surface area (Å²) >= 11 is 0. The van der Waals surface area contributed by atoms with Gasteiger partial charge < -0.3 is 5.11 Å². The summed E-state index contributed by atoms with van der Waals surface area (Å²) in [6.07, 6.45) is 1.75. The smallest absolute Gasteiger partial charge is 0.336 e. The first-order valence-corrected chi connectivity index (χ1v) is 6.56. The molecule has 0 saturated carbocycles. The van der Waals surface area contributed by atoms with E-state index >= 15 is 0 Å². The maximum Gasteiger partial charge on any atom is 0.336 e. The van der Waals surface area contributed by atoms with Gasteiger partial charge in [0.15, 0.2) is 0 Å². The van der Waals surface area contributed by atoms with E-state index in [2.05, 4.69) is 6.92 Å². The first-order chi connectivity index (χ1) is 9.15. The number of aromatic carboxylic acids is 1. The van der Waals surface area contributed by atoms with Gasteiger partial charge in [-0.25, -0.2) is 4.79 Å². The normalized spacial score (nSPS) is 10.4. The third-order valence-corrected chi connectivity index (χ3v) is 3.37. The van der Waals surface area contributed by atoms with Crippen molar-refractivity contribution in [1.29, 1.82) is 0 Å². The van der Waals surface area contributed by atoms with Crippen LogP contribution in [0.4, 0.5) is 0 Å². The molecule has 2 aromatic rings. The number of carboxylic acids is 1. The first-order valence-electron chi connectivity index (χ1n) is 6.56. The topological polar surface area (TPSA) is 37.3 Å². The van der Waals surface area contributed by atoms with Gasteiger partial charge in [-0.05, 0) is 35.6 Å². The van der Waals surface area contributed by atoms with Crippen LogP contribution in [-0.2, 0) is 6.42 Å². The number of hydrogen-bond donors (Lipinski definition) is 1. The number of carboxylic acid groups (broad SMARTS) is 1. The minimum atomic E-state index is -0.835.